The Kier molecular flexibility index (Phi) is 5.94. The molecule has 0 spiro atoms. The molecule has 0 atom stereocenters. The number of nitrogens with one attached hydrogen (secondary N) is 1. The monoisotopic (exact) mass is 320 g/mol. The van der Waals surface area contributed by atoms with Gasteiger partial charge in [0.25, 0.3) is 0 Å². The predicted octanol–water partition coefficient (Wildman–Crippen LogP) is 2.56. The Balaban J connectivity index is 2.04. The van der Waals surface area contributed by atoms with E-state index in [4.69, 9.17) is 4.52 Å². The lowest BCUT2D eigenvalue weighted by molar-refractivity contribution is -0.118. The van der Waals surface area contributed by atoms with E-state index in [1.165, 1.54) is 11.8 Å². The molecule has 1 amide bonds. The summed E-state index contributed by atoms with van der Waals surface area (Å²) >= 11 is 1.37. The average molecular weight is 320 g/mol. The van der Waals surface area contributed by atoms with Gasteiger partial charge in [-0.1, -0.05) is 37.7 Å². The van der Waals surface area contributed by atoms with Crippen molar-refractivity contribution < 1.29 is 9.32 Å². The molecule has 2 aromatic heterocycles. The summed E-state index contributed by atoms with van der Waals surface area (Å²) < 4.78 is 5.14. The lowest BCUT2D eigenvalue weighted by Crippen LogP contribution is -2.28. The summed E-state index contributed by atoms with van der Waals surface area (Å²) in [6, 6.07) is 3.70. The molecule has 2 aromatic rings. The molecular weight excluding hydrogens is 300 g/mol. The third-order valence-corrected chi connectivity index (χ3v) is 3.84. The van der Waals surface area contributed by atoms with Crippen LogP contribution in [0.3, 0.4) is 0 Å². The second kappa shape index (κ2) is 7.93. The Morgan fingerprint density at radius 1 is 1.45 bits per heavy atom. The van der Waals surface area contributed by atoms with Crippen LogP contribution in [0.1, 0.15) is 26.7 Å². The van der Waals surface area contributed by atoms with E-state index in [2.05, 4.69) is 34.3 Å². The molecule has 0 unspecified atom stereocenters. The number of carbonyl (C=O) groups excluding carboxylic acids is 1. The highest BCUT2D eigenvalue weighted by molar-refractivity contribution is 8.00. The minimum Gasteiger partial charge on any atom is -0.355 e. The summed E-state index contributed by atoms with van der Waals surface area (Å²) in [5.74, 6) is 1.85. The van der Waals surface area contributed by atoms with Gasteiger partial charge >= 0.3 is 0 Å². The number of hydrogen-bond donors (Lipinski definition) is 1. The van der Waals surface area contributed by atoms with E-state index in [1.807, 2.05) is 19.1 Å². The second-order valence-electron chi connectivity index (χ2n) is 5.21. The summed E-state index contributed by atoms with van der Waals surface area (Å²) in [6.45, 7) is 6.76. The Bertz CT molecular complexity index is 628. The van der Waals surface area contributed by atoms with Crippen LogP contribution in [0, 0.1) is 5.92 Å². The van der Waals surface area contributed by atoms with Gasteiger partial charge in [-0.2, -0.15) is 4.98 Å². The first-order chi connectivity index (χ1) is 10.6. The SMILES string of the molecule is CCc1nc(-c2cccnc2SCC(=O)NCC(C)C)no1. The Morgan fingerprint density at radius 2 is 2.27 bits per heavy atom. The van der Waals surface area contributed by atoms with Gasteiger partial charge in [-0.15, -0.1) is 0 Å². The molecule has 0 aliphatic carbocycles. The zero-order chi connectivity index (χ0) is 15.9. The maximum Gasteiger partial charge on any atom is 0.230 e. The van der Waals surface area contributed by atoms with E-state index < -0.39 is 0 Å². The highest BCUT2D eigenvalue weighted by atomic mass is 32.2. The van der Waals surface area contributed by atoms with E-state index in [-0.39, 0.29) is 5.91 Å². The molecule has 6 nitrogen and oxygen atoms in total. The van der Waals surface area contributed by atoms with Crippen molar-refractivity contribution >= 4 is 17.7 Å². The van der Waals surface area contributed by atoms with Crippen LogP contribution in [0.15, 0.2) is 27.9 Å². The molecule has 118 valence electrons. The maximum absolute atomic E-state index is 11.8. The van der Waals surface area contributed by atoms with Crippen molar-refractivity contribution in [3.63, 3.8) is 0 Å². The molecule has 2 heterocycles. The molecule has 1 N–H and O–H groups in total. The minimum atomic E-state index is -0.00216. The minimum absolute atomic E-state index is 0.00216. The molecule has 0 radical (unpaired) electrons. The summed E-state index contributed by atoms with van der Waals surface area (Å²) in [5.41, 5.74) is 0.785. The van der Waals surface area contributed by atoms with Gasteiger partial charge in [-0.3, -0.25) is 4.79 Å². The van der Waals surface area contributed by atoms with Crippen molar-refractivity contribution in [1.82, 2.24) is 20.4 Å². The predicted molar refractivity (Wildman–Crippen MR) is 85.5 cm³/mol. The molecule has 7 heteroatoms. The second-order valence-corrected chi connectivity index (χ2v) is 6.17. The van der Waals surface area contributed by atoms with E-state index in [0.717, 1.165) is 10.6 Å². The molecule has 2 rings (SSSR count). The average Bonchev–Trinajstić information content (AvgIpc) is 3.00. The maximum atomic E-state index is 11.8. The van der Waals surface area contributed by atoms with Crippen LogP contribution in [0.25, 0.3) is 11.4 Å². The number of aryl methyl sites for hydroxylation is 1. The summed E-state index contributed by atoms with van der Waals surface area (Å²) in [6.07, 6.45) is 2.38. The Labute approximate surface area is 134 Å². The fourth-order valence-electron chi connectivity index (χ4n) is 1.69. The zero-order valence-electron chi connectivity index (χ0n) is 13.0. The van der Waals surface area contributed by atoms with Gasteiger partial charge in [-0.25, -0.2) is 4.98 Å². The Hall–Kier alpha value is -1.89. The van der Waals surface area contributed by atoms with Crippen molar-refractivity contribution in [2.75, 3.05) is 12.3 Å². The van der Waals surface area contributed by atoms with Crippen LogP contribution in [-0.2, 0) is 11.2 Å². The molecule has 0 bridgehead atoms. The zero-order valence-corrected chi connectivity index (χ0v) is 13.8. The van der Waals surface area contributed by atoms with Gasteiger partial charge in [0.2, 0.25) is 17.6 Å². The van der Waals surface area contributed by atoms with Crippen molar-refractivity contribution in [3.05, 3.63) is 24.2 Å². The first-order valence-corrected chi connectivity index (χ1v) is 8.26. The van der Waals surface area contributed by atoms with Crippen LogP contribution < -0.4 is 5.32 Å². The van der Waals surface area contributed by atoms with E-state index >= 15 is 0 Å². The number of nitrogens with zero attached hydrogens (tertiary/aromatic N) is 3. The molecule has 0 saturated heterocycles. The number of amides is 1. The van der Waals surface area contributed by atoms with Crippen LogP contribution in [-0.4, -0.2) is 33.3 Å². The van der Waals surface area contributed by atoms with Gasteiger partial charge in [0.05, 0.1) is 11.3 Å². The van der Waals surface area contributed by atoms with E-state index in [9.17, 15) is 4.79 Å². The molecule has 22 heavy (non-hydrogen) atoms. The van der Waals surface area contributed by atoms with Crippen LogP contribution in [0.5, 0.6) is 0 Å². The first-order valence-electron chi connectivity index (χ1n) is 7.27. The quantitative estimate of drug-likeness (QED) is 0.790. The van der Waals surface area contributed by atoms with Crippen molar-refractivity contribution in [2.45, 2.75) is 32.2 Å². The number of thioether (sulfide) groups is 1. The highest BCUT2D eigenvalue weighted by Crippen LogP contribution is 2.27. The van der Waals surface area contributed by atoms with Crippen molar-refractivity contribution in [1.29, 1.82) is 0 Å². The van der Waals surface area contributed by atoms with Crippen molar-refractivity contribution in [3.8, 4) is 11.4 Å². The fourth-order valence-corrected chi connectivity index (χ4v) is 2.51. The Morgan fingerprint density at radius 3 is 2.95 bits per heavy atom. The summed E-state index contributed by atoms with van der Waals surface area (Å²) in [7, 11) is 0. The van der Waals surface area contributed by atoms with Gasteiger partial charge in [0, 0.05) is 19.2 Å². The fraction of sp³-hybridized carbons (Fsp3) is 0.467. The van der Waals surface area contributed by atoms with Crippen LogP contribution in [0.4, 0.5) is 0 Å². The molecule has 0 aliphatic heterocycles. The topological polar surface area (TPSA) is 80.9 Å². The molecule has 0 saturated carbocycles. The number of rotatable bonds is 7. The van der Waals surface area contributed by atoms with Gasteiger partial charge < -0.3 is 9.84 Å². The third-order valence-electron chi connectivity index (χ3n) is 2.83. The third kappa shape index (κ3) is 4.56. The van der Waals surface area contributed by atoms with E-state index in [1.54, 1.807) is 6.20 Å². The largest absolute Gasteiger partial charge is 0.355 e. The number of carbonyl (C=O) groups is 1. The van der Waals surface area contributed by atoms with Crippen LogP contribution in [0.2, 0.25) is 0 Å². The number of pyridine rings is 1. The van der Waals surface area contributed by atoms with Gasteiger partial charge in [0.1, 0.15) is 5.03 Å². The number of aromatic nitrogens is 3. The lowest BCUT2D eigenvalue weighted by Gasteiger charge is -2.08. The van der Waals surface area contributed by atoms with Crippen molar-refractivity contribution in [2.24, 2.45) is 5.92 Å². The highest BCUT2D eigenvalue weighted by Gasteiger charge is 2.14. The standard InChI is InChI=1S/C15H20N4O2S/c1-4-13-18-14(19-21-13)11-6-5-7-16-15(11)22-9-12(20)17-8-10(2)3/h5-7,10H,4,8-9H2,1-3H3,(H,17,20). The first kappa shape index (κ1) is 16.5. The molecular formula is C15H20N4O2S. The summed E-state index contributed by atoms with van der Waals surface area (Å²) in [4.78, 5) is 20.4. The van der Waals surface area contributed by atoms with Gasteiger partial charge in [0.15, 0.2) is 0 Å². The van der Waals surface area contributed by atoms with E-state index in [0.29, 0.717) is 36.4 Å². The molecule has 0 aliphatic rings. The number of hydrogen-bond acceptors (Lipinski definition) is 6. The molecule has 0 fully saturated rings. The van der Waals surface area contributed by atoms with Gasteiger partial charge in [-0.05, 0) is 18.1 Å². The molecule has 0 aromatic carbocycles. The smallest absolute Gasteiger partial charge is 0.230 e. The van der Waals surface area contributed by atoms with Crippen LogP contribution >= 0.6 is 11.8 Å². The normalized spacial score (nSPS) is 10.9. The lowest BCUT2D eigenvalue weighted by atomic mass is 10.2. The summed E-state index contributed by atoms with van der Waals surface area (Å²) in [5, 5.41) is 7.58.